The van der Waals surface area contributed by atoms with Crippen LogP contribution >= 0.6 is 0 Å². The van der Waals surface area contributed by atoms with E-state index in [9.17, 15) is 4.79 Å². The highest BCUT2D eigenvalue weighted by atomic mass is 16.5. The second-order valence-corrected chi connectivity index (χ2v) is 4.40. The Morgan fingerprint density at radius 3 is 2.53 bits per heavy atom. The van der Waals surface area contributed by atoms with Gasteiger partial charge in [-0.05, 0) is 12.8 Å². The highest BCUT2D eigenvalue weighted by molar-refractivity contribution is 5.65. The lowest BCUT2D eigenvalue weighted by Gasteiger charge is -2.37. The second-order valence-electron chi connectivity index (χ2n) is 4.40. The zero-order chi connectivity index (χ0) is 11.1. The SMILES string of the molecule is CC(=O)OCCCCOCC1(C)COC1. The minimum absolute atomic E-state index is 0.213. The molecule has 0 amide bonds. The number of esters is 1. The average molecular weight is 216 g/mol. The topological polar surface area (TPSA) is 44.8 Å². The summed E-state index contributed by atoms with van der Waals surface area (Å²) < 4.78 is 15.5. The molecule has 15 heavy (non-hydrogen) atoms. The molecule has 0 N–H and O–H groups in total. The normalized spacial score (nSPS) is 18.3. The molecule has 4 heteroatoms. The van der Waals surface area contributed by atoms with Crippen LogP contribution in [0.25, 0.3) is 0 Å². The number of ether oxygens (including phenoxy) is 3. The Morgan fingerprint density at radius 2 is 2.00 bits per heavy atom. The van der Waals surface area contributed by atoms with Gasteiger partial charge >= 0.3 is 5.97 Å². The van der Waals surface area contributed by atoms with Crippen molar-refractivity contribution >= 4 is 5.97 Å². The molecule has 88 valence electrons. The summed E-state index contributed by atoms with van der Waals surface area (Å²) in [4.78, 5) is 10.4. The summed E-state index contributed by atoms with van der Waals surface area (Å²) in [7, 11) is 0. The third-order valence-corrected chi connectivity index (χ3v) is 2.34. The molecule has 1 aliphatic rings. The van der Waals surface area contributed by atoms with Crippen molar-refractivity contribution in [3.8, 4) is 0 Å². The van der Waals surface area contributed by atoms with E-state index in [1.54, 1.807) is 0 Å². The van der Waals surface area contributed by atoms with Crippen molar-refractivity contribution in [1.82, 2.24) is 0 Å². The van der Waals surface area contributed by atoms with Crippen LogP contribution in [0.4, 0.5) is 0 Å². The summed E-state index contributed by atoms with van der Waals surface area (Å²) in [6.07, 6.45) is 1.80. The van der Waals surface area contributed by atoms with Gasteiger partial charge in [-0.1, -0.05) is 6.92 Å². The molecule has 1 rings (SSSR count). The molecule has 0 aliphatic carbocycles. The fraction of sp³-hybridized carbons (Fsp3) is 0.909. The van der Waals surface area contributed by atoms with Crippen molar-refractivity contribution in [3.05, 3.63) is 0 Å². The number of carbonyl (C=O) groups is 1. The molecule has 0 aromatic heterocycles. The number of carbonyl (C=O) groups excluding carboxylic acids is 1. The average Bonchev–Trinajstić information content (AvgIpc) is 2.13. The second kappa shape index (κ2) is 6.08. The Bertz CT molecular complexity index is 199. The molecular weight excluding hydrogens is 196 g/mol. The van der Waals surface area contributed by atoms with Crippen LogP contribution in [0, 0.1) is 5.41 Å². The lowest BCUT2D eigenvalue weighted by molar-refractivity contribution is -0.142. The first kappa shape index (κ1) is 12.5. The van der Waals surface area contributed by atoms with Crippen molar-refractivity contribution in [2.24, 2.45) is 5.41 Å². The van der Waals surface area contributed by atoms with E-state index in [0.717, 1.165) is 39.3 Å². The van der Waals surface area contributed by atoms with Crippen LogP contribution in [0.1, 0.15) is 26.7 Å². The lowest BCUT2D eigenvalue weighted by Crippen LogP contribution is -2.43. The minimum Gasteiger partial charge on any atom is -0.466 e. The summed E-state index contributed by atoms with van der Waals surface area (Å²) in [5.74, 6) is -0.213. The molecule has 0 spiro atoms. The highest BCUT2D eigenvalue weighted by Gasteiger charge is 2.33. The molecule has 1 aliphatic heterocycles. The molecular formula is C11H20O4. The van der Waals surface area contributed by atoms with E-state index >= 15 is 0 Å². The molecule has 0 saturated carbocycles. The Balaban J connectivity index is 1.83. The van der Waals surface area contributed by atoms with Gasteiger partial charge in [0, 0.05) is 18.9 Å². The molecule has 4 nitrogen and oxygen atoms in total. The summed E-state index contributed by atoms with van der Waals surface area (Å²) in [6, 6.07) is 0. The van der Waals surface area contributed by atoms with Crippen LogP contribution < -0.4 is 0 Å². The first-order chi connectivity index (χ1) is 7.12. The number of unbranched alkanes of at least 4 members (excludes halogenated alkanes) is 1. The van der Waals surface area contributed by atoms with E-state index < -0.39 is 0 Å². The van der Waals surface area contributed by atoms with Crippen LogP contribution in [-0.2, 0) is 19.0 Å². The van der Waals surface area contributed by atoms with E-state index in [-0.39, 0.29) is 11.4 Å². The van der Waals surface area contributed by atoms with E-state index in [1.165, 1.54) is 6.92 Å². The van der Waals surface area contributed by atoms with Crippen molar-refractivity contribution in [2.75, 3.05) is 33.0 Å². The third-order valence-electron chi connectivity index (χ3n) is 2.34. The largest absolute Gasteiger partial charge is 0.466 e. The first-order valence-corrected chi connectivity index (χ1v) is 5.41. The van der Waals surface area contributed by atoms with Gasteiger partial charge in [-0.15, -0.1) is 0 Å². The number of hydrogen-bond acceptors (Lipinski definition) is 4. The Kier molecular flexibility index (Phi) is 5.05. The maximum Gasteiger partial charge on any atom is 0.302 e. The van der Waals surface area contributed by atoms with Gasteiger partial charge < -0.3 is 14.2 Å². The van der Waals surface area contributed by atoms with Gasteiger partial charge in [-0.3, -0.25) is 4.79 Å². The zero-order valence-corrected chi connectivity index (χ0v) is 9.58. The smallest absolute Gasteiger partial charge is 0.302 e. The summed E-state index contributed by atoms with van der Waals surface area (Å²) in [5.41, 5.74) is 0.232. The van der Waals surface area contributed by atoms with Gasteiger partial charge in [0.2, 0.25) is 0 Å². The Morgan fingerprint density at radius 1 is 1.33 bits per heavy atom. The quantitative estimate of drug-likeness (QED) is 0.476. The fourth-order valence-corrected chi connectivity index (χ4v) is 1.37. The van der Waals surface area contributed by atoms with Gasteiger partial charge in [0.25, 0.3) is 0 Å². The van der Waals surface area contributed by atoms with Gasteiger partial charge in [0.15, 0.2) is 0 Å². The molecule has 0 aromatic carbocycles. The van der Waals surface area contributed by atoms with Gasteiger partial charge in [-0.25, -0.2) is 0 Å². The van der Waals surface area contributed by atoms with Gasteiger partial charge in [0.05, 0.1) is 26.4 Å². The van der Waals surface area contributed by atoms with Crippen molar-refractivity contribution in [2.45, 2.75) is 26.7 Å². The highest BCUT2D eigenvalue weighted by Crippen LogP contribution is 2.26. The van der Waals surface area contributed by atoms with Crippen LogP contribution in [-0.4, -0.2) is 39.0 Å². The zero-order valence-electron chi connectivity index (χ0n) is 9.58. The molecule has 1 fully saturated rings. The molecule has 0 radical (unpaired) electrons. The van der Waals surface area contributed by atoms with E-state index in [0.29, 0.717) is 6.61 Å². The standard InChI is InChI=1S/C11H20O4/c1-10(12)15-6-4-3-5-13-7-11(2)8-14-9-11/h3-9H2,1-2H3. The van der Waals surface area contributed by atoms with Crippen LogP contribution in [0.15, 0.2) is 0 Å². The molecule has 0 aromatic rings. The van der Waals surface area contributed by atoms with E-state index in [4.69, 9.17) is 14.2 Å². The van der Waals surface area contributed by atoms with Crippen LogP contribution in [0.5, 0.6) is 0 Å². The summed E-state index contributed by atoms with van der Waals surface area (Å²) in [6.45, 7) is 7.20. The number of rotatable bonds is 7. The van der Waals surface area contributed by atoms with Gasteiger partial charge in [0.1, 0.15) is 0 Å². The van der Waals surface area contributed by atoms with Crippen molar-refractivity contribution in [1.29, 1.82) is 0 Å². The molecule has 1 heterocycles. The maximum atomic E-state index is 10.4. The Hall–Kier alpha value is -0.610. The van der Waals surface area contributed by atoms with E-state index in [2.05, 4.69) is 6.92 Å². The first-order valence-electron chi connectivity index (χ1n) is 5.41. The van der Waals surface area contributed by atoms with E-state index in [1.807, 2.05) is 0 Å². The third kappa shape index (κ3) is 5.14. The van der Waals surface area contributed by atoms with Gasteiger partial charge in [-0.2, -0.15) is 0 Å². The maximum absolute atomic E-state index is 10.4. The van der Waals surface area contributed by atoms with Crippen LogP contribution in [0.3, 0.4) is 0 Å². The fourth-order valence-electron chi connectivity index (χ4n) is 1.37. The molecule has 0 unspecified atom stereocenters. The summed E-state index contributed by atoms with van der Waals surface area (Å²) in [5, 5.41) is 0. The van der Waals surface area contributed by atoms with Crippen molar-refractivity contribution in [3.63, 3.8) is 0 Å². The predicted molar refractivity (Wildman–Crippen MR) is 55.6 cm³/mol. The summed E-state index contributed by atoms with van der Waals surface area (Å²) >= 11 is 0. The lowest BCUT2D eigenvalue weighted by atomic mass is 9.90. The van der Waals surface area contributed by atoms with Crippen LogP contribution in [0.2, 0.25) is 0 Å². The molecule has 0 atom stereocenters. The monoisotopic (exact) mass is 216 g/mol. The number of hydrogen-bond donors (Lipinski definition) is 0. The Labute approximate surface area is 90.9 Å². The predicted octanol–water partition coefficient (Wildman–Crippen LogP) is 1.38. The minimum atomic E-state index is -0.213. The van der Waals surface area contributed by atoms with Crippen molar-refractivity contribution < 1.29 is 19.0 Å². The molecule has 0 bridgehead atoms. The molecule has 1 saturated heterocycles.